The second-order valence-corrected chi connectivity index (χ2v) is 7.56. The van der Waals surface area contributed by atoms with E-state index in [2.05, 4.69) is 22.2 Å². The Morgan fingerprint density at radius 1 is 1.23 bits per heavy atom. The summed E-state index contributed by atoms with van der Waals surface area (Å²) in [7, 11) is 0. The third-order valence-corrected chi connectivity index (χ3v) is 5.50. The van der Waals surface area contributed by atoms with E-state index in [4.69, 9.17) is 0 Å². The molecule has 1 fully saturated rings. The Kier molecular flexibility index (Phi) is 6.43. The summed E-state index contributed by atoms with van der Waals surface area (Å²) in [5.41, 5.74) is 1.67. The highest BCUT2D eigenvalue weighted by Crippen LogP contribution is 2.35. The molecule has 2 aromatic heterocycles. The first kappa shape index (κ1) is 19.0. The SMILES string of the molecule is CCCCCCCCc1cc2c(nnn2[C@@H]2C[C@H](CO)C[C@H]2O)c(=O)[nH]1. The molecule has 26 heavy (non-hydrogen) atoms. The second-order valence-electron chi connectivity index (χ2n) is 7.56. The Hall–Kier alpha value is -1.73. The van der Waals surface area contributed by atoms with E-state index in [0.717, 1.165) is 25.0 Å². The molecule has 2 heterocycles. The van der Waals surface area contributed by atoms with Gasteiger partial charge in [-0.15, -0.1) is 5.10 Å². The second kappa shape index (κ2) is 8.77. The van der Waals surface area contributed by atoms with Crippen LogP contribution in [0.4, 0.5) is 0 Å². The minimum Gasteiger partial charge on any atom is -0.396 e. The summed E-state index contributed by atoms with van der Waals surface area (Å²) in [5.74, 6) is 0.0684. The molecule has 7 nitrogen and oxygen atoms in total. The van der Waals surface area contributed by atoms with Gasteiger partial charge in [0.05, 0.1) is 17.7 Å². The third kappa shape index (κ3) is 4.15. The van der Waals surface area contributed by atoms with Gasteiger partial charge in [-0.2, -0.15) is 0 Å². The fraction of sp³-hybridized carbons (Fsp3) is 0.737. The lowest BCUT2D eigenvalue weighted by molar-refractivity contribution is 0.127. The number of fused-ring (bicyclic) bond motifs is 1. The maximum Gasteiger partial charge on any atom is 0.278 e. The molecule has 0 aliphatic heterocycles. The van der Waals surface area contributed by atoms with E-state index in [1.54, 1.807) is 4.68 Å². The summed E-state index contributed by atoms with van der Waals surface area (Å²) in [6, 6.07) is 1.71. The Labute approximate surface area is 153 Å². The average molecular weight is 362 g/mol. The molecule has 3 rings (SSSR count). The van der Waals surface area contributed by atoms with Crippen molar-refractivity contribution in [2.45, 2.75) is 76.9 Å². The van der Waals surface area contributed by atoms with Gasteiger partial charge >= 0.3 is 0 Å². The maximum absolute atomic E-state index is 12.3. The first-order chi connectivity index (χ1) is 12.6. The van der Waals surface area contributed by atoms with E-state index in [0.29, 0.717) is 23.9 Å². The zero-order chi connectivity index (χ0) is 18.5. The highest BCUT2D eigenvalue weighted by molar-refractivity contribution is 5.73. The van der Waals surface area contributed by atoms with Gasteiger partial charge in [0.25, 0.3) is 5.56 Å². The Morgan fingerprint density at radius 2 is 2.00 bits per heavy atom. The number of hydrogen-bond donors (Lipinski definition) is 3. The van der Waals surface area contributed by atoms with Gasteiger partial charge in [0.1, 0.15) is 0 Å². The molecule has 3 atom stereocenters. The van der Waals surface area contributed by atoms with Crippen LogP contribution in [0.15, 0.2) is 10.9 Å². The first-order valence-corrected chi connectivity index (χ1v) is 9.90. The van der Waals surface area contributed by atoms with Crippen LogP contribution in [0.25, 0.3) is 11.0 Å². The largest absolute Gasteiger partial charge is 0.396 e. The molecule has 1 saturated carbocycles. The quantitative estimate of drug-likeness (QED) is 0.594. The molecule has 0 radical (unpaired) electrons. The number of H-pyrrole nitrogens is 1. The highest BCUT2D eigenvalue weighted by Gasteiger charge is 2.35. The average Bonchev–Trinajstić information content (AvgIpc) is 3.21. The molecule has 0 bridgehead atoms. The Morgan fingerprint density at radius 3 is 2.73 bits per heavy atom. The summed E-state index contributed by atoms with van der Waals surface area (Å²) >= 11 is 0. The van der Waals surface area contributed by atoms with Crippen molar-refractivity contribution < 1.29 is 10.2 Å². The van der Waals surface area contributed by atoms with Crippen LogP contribution in [0.5, 0.6) is 0 Å². The number of rotatable bonds is 9. The number of hydrogen-bond acceptors (Lipinski definition) is 5. The van der Waals surface area contributed by atoms with Crippen molar-refractivity contribution in [2.75, 3.05) is 6.61 Å². The van der Waals surface area contributed by atoms with Crippen LogP contribution in [0.2, 0.25) is 0 Å². The summed E-state index contributed by atoms with van der Waals surface area (Å²) in [6.07, 6.45) is 8.70. The van der Waals surface area contributed by atoms with E-state index < -0.39 is 6.10 Å². The van der Waals surface area contributed by atoms with Gasteiger partial charge in [0.15, 0.2) is 5.52 Å². The van der Waals surface area contributed by atoms with Crippen LogP contribution < -0.4 is 5.56 Å². The van der Waals surface area contributed by atoms with Crippen LogP contribution in [-0.2, 0) is 6.42 Å². The van der Waals surface area contributed by atoms with Crippen molar-refractivity contribution >= 4 is 11.0 Å². The molecule has 2 aromatic rings. The Bertz CT molecular complexity index is 770. The van der Waals surface area contributed by atoms with Gasteiger partial charge in [-0.25, -0.2) is 4.68 Å². The molecule has 144 valence electrons. The molecule has 0 amide bonds. The van der Waals surface area contributed by atoms with Crippen molar-refractivity contribution in [1.82, 2.24) is 20.0 Å². The van der Waals surface area contributed by atoms with E-state index in [-0.39, 0.29) is 24.1 Å². The van der Waals surface area contributed by atoms with Gasteiger partial charge in [-0.1, -0.05) is 44.2 Å². The number of aliphatic hydroxyl groups excluding tert-OH is 2. The van der Waals surface area contributed by atoms with E-state index in [1.165, 1.54) is 25.7 Å². The van der Waals surface area contributed by atoms with Gasteiger partial charge in [0.2, 0.25) is 0 Å². The monoisotopic (exact) mass is 362 g/mol. The molecule has 0 aromatic carbocycles. The fourth-order valence-corrected chi connectivity index (χ4v) is 3.98. The van der Waals surface area contributed by atoms with Crippen molar-refractivity contribution in [2.24, 2.45) is 5.92 Å². The molecular weight excluding hydrogens is 332 g/mol. The number of unbranched alkanes of at least 4 members (excludes halogenated alkanes) is 5. The standard InChI is InChI=1S/C19H30N4O3/c1-2-3-4-5-6-7-8-14-11-16-18(19(26)20-14)21-22-23(16)15-9-13(12-24)10-17(15)25/h11,13,15,17,24-25H,2-10,12H2,1H3,(H,20,26)/t13-,15+,17+/m0/s1. The number of pyridine rings is 1. The molecular formula is C19H30N4O3. The molecule has 7 heteroatoms. The normalized spacial score (nSPS) is 23.1. The van der Waals surface area contributed by atoms with Crippen LogP contribution in [0, 0.1) is 5.92 Å². The van der Waals surface area contributed by atoms with Crippen molar-refractivity contribution in [3.05, 3.63) is 22.1 Å². The van der Waals surface area contributed by atoms with Crippen LogP contribution in [0.3, 0.4) is 0 Å². The molecule has 0 unspecified atom stereocenters. The van der Waals surface area contributed by atoms with E-state index >= 15 is 0 Å². The van der Waals surface area contributed by atoms with Gasteiger partial charge in [0, 0.05) is 12.3 Å². The number of nitrogens with zero attached hydrogens (tertiary/aromatic N) is 3. The summed E-state index contributed by atoms with van der Waals surface area (Å²) < 4.78 is 1.68. The topological polar surface area (TPSA) is 104 Å². The van der Waals surface area contributed by atoms with Gasteiger partial charge in [-0.3, -0.25) is 4.79 Å². The molecule has 3 N–H and O–H groups in total. The van der Waals surface area contributed by atoms with Crippen LogP contribution in [0.1, 0.15) is 70.0 Å². The van der Waals surface area contributed by atoms with Crippen molar-refractivity contribution in [1.29, 1.82) is 0 Å². The fourth-order valence-electron chi connectivity index (χ4n) is 3.98. The highest BCUT2D eigenvalue weighted by atomic mass is 16.3. The zero-order valence-corrected chi connectivity index (χ0v) is 15.5. The molecule has 1 aliphatic rings. The number of aromatic nitrogens is 4. The minimum atomic E-state index is -0.571. The lowest BCUT2D eigenvalue weighted by Crippen LogP contribution is -2.20. The lowest BCUT2D eigenvalue weighted by Gasteiger charge is -2.15. The number of aliphatic hydroxyl groups is 2. The number of aryl methyl sites for hydroxylation is 1. The first-order valence-electron chi connectivity index (χ1n) is 9.90. The van der Waals surface area contributed by atoms with Gasteiger partial charge in [-0.05, 0) is 37.7 Å². The summed E-state index contributed by atoms with van der Waals surface area (Å²) in [4.78, 5) is 15.2. The Balaban J connectivity index is 1.73. The molecule has 0 saturated heterocycles. The molecule has 1 aliphatic carbocycles. The number of aromatic amines is 1. The predicted octanol–water partition coefficient (Wildman–Crippen LogP) is 2.33. The lowest BCUT2D eigenvalue weighted by atomic mass is 10.1. The van der Waals surface area contributed by atoms with Gasteiger partial charge < -0.3 is 15.2 Å². The van der Waals surface area contributed by atoms with Crippen molar-refractivity contribution in [3.63, 3.8) is 0 Å². The summed E-state index contributed by atoms with van der Waals surface area (Å²) in [5, 5.41) is 27.8. The number of nitrogens with one attached hydrogen (secondary N) is 1. The summed E-state index contributed by atoms with van der Waals surface area (Å²) in [6.45, 7) is 2.27. The van der Waals surface area contributed by atoms with Crippen LogP contribution >= 0.6 is 0 Å². The zero-order valence-electron chi connectivity index (χ0n) is 15.5. The van der Waals surface area contributed by atoms with E-state index in [1.807, 2.05) is 6.07 Å². The smallest absolute Gasteiger partial charge is 0.278 e. The third-order valence-electron chi connectivity index (χ3n) is 5.50. The minimum absolute atomic E-state index is 0.0596. The van der Waals surface area contributed by atoms with Crippen molar-refractivity contribution in [3.8, 4) is 0 Å². The molecule has 0 spiro atoms. The van der Waals surface area contributed by atoms with E-state index in [9.17, 15) is 15.0 Å². The van der Waals surface area contributed by atoms with Crippen LogP contribution in [-0.4, -0.2) is 42.9 Å². The predicted molar refractivity (Wildman–Crippen MR) is 100 cm³/mol. The maximum atomic E-state index is 12.3.